The minimum absolute atomic E-state index is 0.0265. The molecule has 0 bridgehead atoms. The summed E-state index contributed by atoms with van der Waals surface area (Å²) in [4.78, 5) is 28.1. The molecule has 0 unspecified atom stereocenters. The van der Waals surface area contributed by atoms with Crippen molar-refractivity contribution in [3.63, 3.8) is 0 Å². The third-order valence-electron chi connectivity index (χ3n) is 6.39. The zero-order chi connectivity index (χ0) is 31.0. The van der Waals surface area contributed by atoms with E-state index in [2.05, 4.69) is 5.32 Å². The van der Waals surface area contributed by atoms with Crippen molar-refractivity contribution in [2.24, 2.45) is 0 Å². The van der Waals surface area contributed by atoms with Crippen LogP contribution >= 0.6 is 34.8 Å². The summed E-state index contributed by atoms with van der Waals surface area (Å²) in [5.41, 5.74) is 0.800. The predicted octanol–water partition coefficient (Wildman–Crippen LogP) is 5.80. The Morgan fingerprint density at radius 3 is 2.17 bits per heavy atom. The summed E-state index contributed by atoms with van der Waals surface area (Å²) < 4.78 is 39.6. The van der Waals surface area contributed by atoms with Crippen LogP contribution in [0.3, 0.4) is 0 Å². The second-order valence-corrected chi connectivity index (χ2v) is 12.4. The maximum atomic E-state index is 14.0. The van der Waals surface area contributed by atoms with Crippen LogP contribution in [0.4, 0.5) is 5.69 Å². The molecule has 0 heterocycles. The lowest BCUT2D eigenvalue weighted by atomic mass is 10.1. The molecular formula is C29H32Cl3N3O6S. The van der Waals surface area contributed by atoms with Crippen LogP contribution in [0.1, 0.15) is 25.8 Å². The number of sulfonamides is 1. The Kier molecular flexibility index (Phi) is 11.8. The van der Waals surface area contributed by atoms with Crippen molar-refractivity contribution >= 4 is 62.3 Å². The highest BCUT2D eigenvalue weighted by Gasteiger charge is 2.33. The Balaban J connectivity index is 2.07. The van der Waals surface area contributed by atoms with Gasteiger partial charge in [0.2, 0.25) is 11.8 Å². The molecule has 0 aliphatic carbocycles. The number of carbonyl (C=O) groups excluding carboxylic acids is 2. The first-order valence-corrected chi connectivity index (χ1v) is 15.5. The highest BCUT2D eigenvalue weighted by atomic mass is 35.5. The Hall–Kier alpha value is -3.18. The number of benzene rings is 3. The average molecular weight is 657 g/mol. The normalized spacial score (nSPS) is 11.9. The summed E-state index contributed by atoms with van der Waals surface area (Å²) >= 11 is 18.3. The summed E-state index contributed by atoms with van der Waals surface area (Å²) in [5, 5.41) is 3.79. The molecule has 0 aliphatic heterocycles. The largest absolute Gasteiger partial charge is 0.493 e. The Morgan fingerprint density at radius 2 is 1.57 bits per heavy atom. The Morgan fingerprint density at radius 1 is 0.905 bits per heavy atom. The fourth-order valence-electron chi connectivity index (χ4n) is 4.05. The molecule has 0 saturated carbocycles. The SMILES string of the molecule is CCCNC(=O)[C@H](C)N(Cc1ccc(Cl)c(Cl)c1)C(=O)CN(c1ccc(Cl)cc1)S(=O)(=O)c1ccc(OC)c(OC)c1. The van der Waals surface area contributed by atoms with Gasteiger partial charge in [-0.15, -0.1) is 0 Å². The second-order valence-electron chi connectivity index (χ2n) is 9.24. The van der Waals surface area contributed by atoms with Crippen molar-refractivity contribution in [3.05, 3.63) is 81.3 Å². The highest BCUT2D eigenvalue weighted by Crippen LogP contribution is 2.33. The molecule has 0 radical (unpaired) electrons. The van der Waals surface area contributed by atoms with Gasteiger partial charge in [0.15, 0.2) is 11.5 Å². The van der Waals surface area contributed by atoms with Crippen LogP contribution in [0, 0.1) is 0 Å². The summed E-state index contributed by atoms with van der Waals surface area (Å²) in [6.07, 6.45) is 0.701. The van der Waals surface area contributed by atoms with Crippen molar-refractivity contribution < 1.29 is 27.5 Å². The first-order valence-electron chi connectivity index (χ1n) is 12.9. The Bertz CT molecular complexity index is 1520. The number of amides is 2. The van der Waals surface area contributed by atoms with E-state index < -0.39 is 28.5 Å². The first-order chi connectivity index (χ1) is 19.9. The minimum Gasteiger partial charge on any atom is -0.493 e. The van der Waals surface area contributed by atoms with Crippen LogP contribution < -0.4 is 19.1 Å². The number of halogens is 3. The number of nitrogens with zero attached hydrogens (tertiary/aromatic N) is 2. The molecule has 1 atom stereocenters. The van der Waals surface area contributed by atoms with E-state index in [9.17, 15) is 18.0 Å². The van der Waals surface area contributed by atoms with Crippen LogP contribution in [0.5, 0.6) is 11.5 Å². The lowest BCUT2D eigenvalue weighted by molar-refractivity contribution is -0.139. The van der Waals surface area contributed by atoms with Gasteiger partial charge in [0.1, 0.15) is 12.6 Å². The van der Waals surface area contributed by atoms with E-state index in [1.165, 1.54) is 61.6 Å². The topological polar surface area (TPSA) is 105 Å². The first kappa shape index (κ1) is 33.3. The number of nitrogens with one attached hydrogen (secondary N) is 1. The van der Waals surface area contributed by atoms with E-state index in [1.54, 1.807) is 25.1 Å². The molecule has 0 aromatic heterocycles. The van der Waals surface area contributed by atoms with Crippen LogP contribution in [0.15, 0.2) is 65.6 Å². The van der Waals surface area contributed by atoms with Gasteiger partial charge >= 0.3 is 0 Å². The van der Waals surface area contributed by atoms with Crippen LogP contribution in [-0.4, -0.2) is 58.5 Å². The Labute approximate surface area is 261 Å². The van der Waals surface area contributed by atoms with Gasteiger partial charge < -0.3 is 19.7 Å². The molecule has 0 aliphatic rings. The number of hydrogen-bond acceptors (Lipinski definition) is 6. The summed E-state index contributed by atoms with van der Waals surface area (Å²) in [5.74, 6) is -0.473. The highest BCUT2D eigenvalue weighted by molar-refractivity contribution is 7.92. The molecule has 0 fully saturated rings. The molecule has 0 spiro atoms. The molecule has 1 N–H and O–H groups in total. The van der Waals surface area contributed by atoms with Crippen LogP contribution in [0.25, 0.3) is 0 Å². The number of anilines is 1. The zero-order valence-corrected chi connectivity index (χ0v) is 26.6. The number of methoxy groups -OCH3 is 2. The van der Waals surface area contributed by atoms with E-state index in [1.807, 2.05) is 6.92 Å². The van der Waals surface area contributed by atoms with Gasteiger partial charge in [-0.05, 0) is 67.4 Å². The predicted molar refractivity (Wildman–Crippen MR) is 165 cm³/mol. The second kappa shape index (κ2) is 14.8. The lowest BCUT2D eigenvalue weighted by Gasteiger charge is -2.32. The molecule has 13 heteroatoms. The van der Waals surface area contributed by atoms with Gasteiger partial charge in [-0.1, -0.05) is 47.8 Å². The van der Waals surface area contributed by atoms with Crippen molar-refractivity contribution in [2.45, 2.75) is 37.8 Å². The van der Waals surface area contributed by atoms with Crippen molar-refractivity contribution in [2.75, 3.05) is 31.6 Å². The molecule has 226 valence electrons. The number of carbonyl (C=O) groups is 2. The summed E-state index contributed by atoms with van der Waals surface area (Å²) in [6, 6.07) is 14.1. The lowest BCUT2D eigenvalue weighted by Crippen LogP contribution is -2.51. The zero-order valence-electron chi connectivity index (χ0n) is 23.6. The van der Waals surface area contributed by atoms with Gasteiger partial charge in [-0.3, -0.25) is 13.9 Å². The smallest absolute Gasteiger partial charge is 0.264 e. The molecule has 9 nitrogen and oxygen atoms in total. The molecule has 42 heavy (non-hydrogen) atoms. The number of rotatable bonds is 13. The molecule has 0 saturated heterocycles. The van der Waals surface area contributed by atoms with Gasteiger partial charge in [0, 0.05) is 24.2 Å². The molecule has 3 aromatic carbocycles. The average Bonchev–Trinajstić information content (AvgIpc) is 2.98. The summed E-state index contributed by atoms with van der Waals surface area (Å²) in [6.45, 7) is 3.26. The molecule has 3 rings (SSSR count). The fraction of sp³-hybridized carbons (Fsp3) is 0.310. The van der Waals surface area contributed by atoms with Gasteiger partial charge in [-0.2, -0.15) is 0 Å². The standard InChI is InChI=1S/C29H32Cl3N3O6S/c1-5-14-33-29(37)19(2)34(17-20-6-12-24(31)25(32)15-20)28(36)18-35(22-9-7-21(30)8-10-22)42(38,39)23-11-13-26(40-3)27(16-23)41-4/h6-13,15-16,19H,5,14,17-18H2,1-4H3,(H,33,37)/t19-/m0/s1. The van der Waals surface area contributed by atoms with E-state index in [0.29, 0.717) is 34.3 Å². The van der Waals surface area contributed by atoms with E-state index in [4.69, 9.17) is 44.3 Å². The van der Waals surface area contributed by atoms with Crippen molar-refractivity contribution in [3.8, 4) is 11.5 Å². The van der Waals surface area contributed by atoms with Crippen molar-refractivity contribution in [1.82, 2.24) is 10.2 Å². The fourth-order valence-corrected chi connectivity index (χ4v) is 5.93. The molecular weight excluding hydrogens is 625 g/mol. The van der Waals surface area contributed by atoms with Crippen LogP contribution in [0.2, 0.25) is 15.1 Å². The molecule has 2 amide bonds. The van der Waals surface area contributed by atoms with Gasteiger partial charge in [0.05, 0.1) is 34.8 Å². The third-order valence-corrected chi connectivity index (χ3v) is 9.15. The van der Waals surface area contributed by atoms with E-state index in [-0.39, 0.29) is 33.8 Å². The third kappa shape index (κ3) is 8.01. The van der Waals surface area contributed by atoms with Crippen molar-refractivity contribution in [1.29, 1.82) is 0 Å². The van der Waals surface area contributed by atoms with Gasteiger partial charge in [0.25, 0.3) is 10.0 Å². The quantitative estimate of drug-likeness (QED) is 0.249. The number of ether oxygens (including phenoxy) is 2. The minimum atomic E-state index is -4.33. The maximum Gasteiger partial charge on any atom is 0.264 e. The maximum absolute atomic E-state index is 14.0. The van der Waals surface area contributed by atoms with Gasteiger partial charge in [-0.25, -0.2) is 8.42 Å². The number of hydrogen-bond donors (Lipinski definition) is 1. The monoisotopic (exact) mass is 655 g/mol. The van der Waals surface area contributed by atoms with E-state index in [0.717, 1.165) is 4.31 Å². The molecule has 3 aromatic rings. The summed E-state index contributed by atoms with van der Waals surface area (Å²) in [7, 11) is -1.51. The van der Waals surface area contributed by atoms with Crippen LogP contribution in [-0.2, 0) is 26.2 Å². The van der Waals surface area contributed by atoms with E-state index >= 15 is 0 Å².